The lowest BCUT2D eigenvalue weighted by atomic mass is 10.0. The van der Waals surface area contributed by atoms with Crippen molar-refractivity contribution in [1.82, 2.24) is 0 Å². The average molecular weight is 204 g/mol. The summed E-state index contributed by atoms with van der Waals surface area (Å²) in [5.74, 6) is 0.158. The van der Waals surface area contributed by atoms with Crippen LogP contribution in [-0.2, 0) is 6.42 Å². The first-order valence-corrected chi connectivity index (χ1v) is 5.84. The Hall–Kier alpha value is -1.11. The highest BCUT2D eigenvalue weighted by Gasteiger charge is 2.00. The Morgan fingerprint density at radius 1 is 1.20 bits per heavy atom. The van der Waals surface area contributed by atoms with Gasteiger partial charge in [-0.15, -0.1) is 0 Å². The van der Waals surface area contributed by atoms with Crippen LogP contribution >= 0.6 is 0 Å². The molecule has 0 bridgehead atoms. The molecule has 0 amide bonds. The molecule has 0 unspecified atom stereocenters. The summed E-state index contributed by atoms with van der Waals surface area (Å²) in [6.45, 7) is 3.84. The second-order valence-electron chi connectivity index (χ2n) is 4.07. The van der Waals surface area contributed by atoms with Gasteiger partial charge in [-0.2, -0.15) is 0 Å². The van der Waals surface area contributed by atoms with E-state index in [9.17, 15) is 4.79 Å². The SMILES string of the molecule is CCCCCCc1cccc(C(C)=O)c1. The maximum absolute atomic E-state index is 11.2. The number of unbranched alkanes of at least 4 members (excludes halogenated alkanes) is 3. The van der Waals surface area contributed by atoms with E-state index in [1.54, 1.807) is 6.92 Å². The monoisotopic (exact) mass is 204 g/mol. The number of rotatable bonds is 6. The molecule has 1 aromatic carbocycles. The lowest BCUT2D eigenvalue weighted by Crippen LogP contribution is -1.94. The van der Waals surface area contributed by atoms with E-state index in [-0.39, 0.29) is 5.78 Å². The number of carbonyl (C=O) groups is 1. The molecule has 0 fully saturated rings. The van der Waals surface area contributed by atoms with Gasteiger partial charge in [0.1, 0.15) is 0 Å². The summed E-state index contributed by atoms with van der Waals surface area (Å²) in [5, 5.41) is 0. The van der Waals surface area contributed by atoms with Crippen molar-refractivity contribution in [3.8, 4) is 0 Å². The molecule has 0 aliphatic rings. The molecule has 0 aliphatic heterocycles. The molecule has 0 N–H and O–H groups in total. The van der Waals surface area contributed by atoms with E-state index in [1.807, 2.05) is 18.2 Å². The van der Waals surface area contributed by atoms with Crippen molar-refractivity contribution in [3.63, 3.8) is 0 Å². The van der Waals surface area contributed by atoms with Crippen LogP contribution in [0.3, 0.4) is 0 Å². The number of hydrogen-bond acceptors (Lipinski definition) is 1. The summed E-state index contributed by atoms with van der Waals surface area (Å²) in [6.07, 6.45) is 6.21. The molecule has 1 nitrogen and oxygen atoms in total. The quantitative estimate of drug-likeness (QED) is 0.505. The summed E-state index contributed by atoms with van der Waals surface area (Å²) in [6, 6.07) is 8.00. The number of hydrogen-bond donors (Lipinski definition) is 0. The Morgan fingerprint density at radius 3 is 2.67 bits per heavy atom. The van der Waals surface area contributed by atoms with Crippen molar-refractivity contribution in [2.24, 2.45) is 0 Å². The van der Waals surface area contributed by atoms with Gasteiger partial charge in [0.25, 0.3) is 0 Å². The smallest absolute Gasteiger partial charge is 0.159 e. The molecule has 82 valence electrons. The van der Waals surface area contributed by atoms with E-state index < -0.39 is 0 Å². The molecule has 0 spiro atoms. The number of ketones is 1. The fourth-order valence-electron chi connectivity index (χ4n) is 1.70. The maximum atomic E-state index is 11.2. The van der Waals surface area contributed by atoms with Gasteiger partial charge < -0.3 is 0 Å². The minimum absolute atomic E-state index is 0.158. The van der Waals surface area contributed by atoms with Crippen LogP contribution in [0.1, 0.15) is 55.5 Å². The van der Waals surface area contributed by atoms with E-state index in [0.717, 1.165) is 12.0 Å². The Bertz CT molecular complexity index is 315. The predicted molar refractivity (Wildman–Crippen MR) is 64.3 cm³/mol. The maximum Gasteiger partial charge on any atom is 0.159 e. The highest BCUT2D eigenvalue weighted by Crippen LogP contribution is 2.10. The van der Waals surface area contributed by atoms with Gasteiger partial charge in [-0.25, -0.2) is 0 Å². The van der Waals surface area contributed by atoms with Crippen molar-refractivity contribution in [3.05, 3.63) is 35.4 Å². The molecule has 1 aromatic rings. The van der Waals surface area contributed by atoms with Crippen molar-refractivity contribution in [2.45, 2.75) is 46.0 Å². The lowest BCUT2D eigenvalue weighted by molar-refractivity contribution is 0.101. The highest BCUT2D eigenvalue weighted by molar-refractivity contribution is 5.94. The van der Waals surface area contributed by atoms with Gasteiger partial charge in [0.15, 0.2) is 5.78 Å². The number of Topliss-reactive ketones (excluding diaryl/α,β-unsaturated/α-hetero) is 1. The Balaban J connectivity index is 2.47. The third-order valence-corrected chi connectivity index (χ3v) is 2.65. The largest absolute Gasteiger partial charge is 0.295 e. The summed E-state index contributed by atoms with van der Waals surface area (Å²) in [7, 11) is 0. The topological polar surface area (TPSA) is 17.1 Å². The summed E-state index contributed by atoms with van der Waals surface area (Å²) < 4.78 is 0. The molecule has 0 aromatic heterocycles. The Morgan fingerprint density at radius 2 is 2.00 bits per heavy atom. The van der Waals surface area contributed by atoms with Gasteiger partial charge in [0.2, 0.25) is 0 Å². The van der Waals surface area contributed by atoms with E-state index in [4.69, 9.17) is 0 Å². The first kappa shape index (κ1) is 12.0. The molecule has 1 rings (SSSR count). The summed E-state index contributed by atoms with van der Waals surface area (Å²) in [5.41, 5.74) is 2.13. The van der Waals surface area contributed by atoms with E-state index in [1.165, 1.54) is 31.2 Å². The molecule has 0 heterocycles. The number of benzene rings is 1. The molecule has 0 saturated carbocycles. The van der Waals surface area contributed by atoms with Gasteiger partial charge in [-0.1, -0.05) is 44.4 Å². The fraction of sp³-hybridized carbons (Fsp3) is 0.500. The van der Waals surface area contributed by atoms with Gasteiger partial charge in [0, 0.05) is 5.56 Å². The van der Waals surface area contributed by atoms with Gasteiger partial charge in [-0.3, -0.25) is 4.79 Å². The molecule has 0 radical (unpaired) electrons. The van der Waals surface area contributed by atoms with E-state index in [0.29, 0.717) is 0 Å². The zero-order valence-corrected chi connectivity index (χ0v) is 9.75. The van der Waals surface area contributed by atoms with Crippen molar-refractivity contribution < 1.29 is 4.79 Å². The van der Waals surface area contributed by atoms with Crippen LogP contribution in [-0.4, -0.2) is 5.78 Å². The predicted octanol–water partition coefficient (Wildman–Crippen LogP) is 4.01. The Kier molecular flexibility index (Phi) is 5.09. The minimum Gasteiger partial charge on any atom is -0.295 e. The van der Waals surface area contributed by atoms with E-state index in [2.05, 4.69) is 13.0 Å². The molecule has 15 heavy (non-hydrogen) atoms. The van der Waals surface area contributed by atoms with Crippen LogP contribution in [0.4, 0.5) is 0 Å². The van der Waals surface area contributed by atoms with Crippen molar-refractivity contribution in [1.29, 1.82) is 0 Å². The van der Waals surface area contributed by atoms with Crippen LogP contribution in [0.5, 0.6) is 0 Å². The van der Waals surface area contributed by atoms with Crippen LogP contribution in [0, 0.1) is 0 Å². The first-order chi connectivity index (χ1) is 7.24. The van der Waals surface area contributed by atoms with Gasteiger partial charge in [-0.05, 0) is 31.4 Å². The number of carbonyl (C=O) groups excluding carboxylic acids is 1. The fourth-order valence-corrected chi connectivity index (χ4v) is 1.70. The Labute approximate surface area is 92.5 Å². The highest BCUT2D eigenvalue weighted by atomic mass is 16.1. The lowest BCUT2D eigenvalue weighted by Gasteiger charge is -2.02. The zero-order valence-electron chi connectivity index (χ0n) is 9.75. The minimum atomic E-state index is 0.158. The second-order valence-corrected chi connectivity index (χ2v) is 4.07. The van der Waals surface area contributed by atoms with Gasteiger partial charge >= 0.3 is 0 Å². The number of aryl methyl sites for hydroxylation is 1. The summed E-state index contributed by atoms with van der Waals surface area (Å²) >= 11 is 0. The van der Waals surface area contributed by atoms with Crippen molar-refractivity contribution >= 4 is 5.78 Å². The van der Waals surface area contributed by atoms with Gasteiger partial charge in [0.05, 0.1) is 0 Å². The molecule has 0 atom stereocenters. The molecular weight excluding hydrogens is 184 g/mol. The molecule has 1 heteroatoms. The normalized spacial score (nSPS) is 10.3. The molecular formula is C14H20O. The van der Waals surface area contributed by atoms with Crippen molar-refractivity contribution in [2.75, 3.05) is 0 Å². The third kappa shape index (κ3) is 4.28. The zero-order chi connectivity index (χ0) is 11.1. The van der Waals surface area contributed by atoms with Crippen LogP contribution < -0.4 is 0 Å². The third-order valence-electron chi connectivity index (χ3n) is 2.65. The first-order valence-electron chi connectivity index (χ1n) is 5.84. The molecule has 0 saturated heterocycles. The standard InChI is InChI=1S/C14H20O/c1-3-4-5-6-8-13-9-7-10-14(11-13)12(2)15/h7,9-11H,3-6,8H2,1-2H3. The average Bonchev–Trinajstić information content (AvgIpc) is 2.25. The van der Waals surface area contributed by atoms with E-state index >= 15 is 0 Å². The summed E-state index contributed by atoms with van der Waals surface area (Å²) in [4.78, 5) is 11.2. The molecule has 0 aliphatic carbocycles. The van der Waals surface area contributed by atoms with Crippen LogP contribution in [0.15, 0.2) is 24.3 Å². The van der Waals surface area contributed by atoms with Crippen LogP contribution in [0.2, 0.25) is 0 Å². The van der Waals surface area contributed by atoms with Crippen LogP contribution in [0.25, 0.3) is 0 Å². The second kappa shape index (κ2) is 6.39.